The largest absolute Gasteiger partial charge is 1.00 e. The molecule has 0 bridgehead atoms. The van der Waals surface area contributed by atoms with Crippen LogP contribution in [0.2, 0.25) is 0 Å². The molecule has 2 N–H and O–H groups in total. The minimum atomic E-state index is -1.02. The monoisotopic (exact) mass is 331 g/mol. The minimum Gasteiger partial charge on any atom is -0.497 e. The van der Waals surface area contributed by atoms with Gasteiger partial charge in [0.2, 0.25) is 0 Å². The number of methoxy groups -OCH3 is 1. The average molecular weight is 331 g/mol. The predicted molar refractivity (Wildman–Crippen MR) is 79.2 cm³/mol. The van der Waals surface area contributed by atoms with Crippen molar-refractivity contribution in [2.45, 2.75) is 32.6 Å². The molecule has 0 fully saturated rings. The summed E-state index contributed by atoms with van der Waals surface area (Å²) in [7, 11) is 1.51. The van der Waals surface area contributed by atoms with Gasteiger partial charge in [0.15, 0.2) is 5.78 Å². The number of rotatable bonds is 9. The first kappa shape index (κ1) is 21.6. The van der Waals surface area contributed by atoms with Crippen LogP contribution in [0.1, 0.15) is 43.0 Å². The van der Waals surface area contributed by atoms with Crippen molar-refractivity contribution in [3.05, 3.63) is 29.8 Å². The minimum absolute atomic E-state index is 0. The zero-order valence-electron chi connectivity index (χ0n) is 13.7. The summed E-state index contributed by atoms with van der Waals surface area (Å²) in [4.78, 5) is 34.2. The maximum absolute atomic E-state index is 12.7. The molecule has 1 aromatic rings. The van der Waals surface area contributed by atoms with Crippen LogP contribution >= 0.6 is 0 Å². The van der Waals surface area contributed by atoms with Gasteiger partial charge in [0, 0.05) is 23.8 Å². The van der Waals surface area contributed by atoms with Crippen LogP contribution in [-0.2, 0) is 9.59 Å². The van der Waals surface area contributed by atoms with Gasteiger partial charge in [-0.25, -0.2) is 0 Å². The first-order chi connectivity index (χ1) is 10.3. The van der Waals surface area contributed by atoms with E-state index in [0.717, 1.165) is 0 Å². The number of ether oxygens (including phenoxy) is 1. The Morgan fingerprint density at radius 2 is 1.43 bits per heavy atom. The zero-order valence-corrected chi connectivity index (χ0v) is 15.7. The third-order valence-electron chi connectivity index (χ3n) is 3.68. The molecular formula is C16H20NaO6+. The molecule has 120 valence electrons. The summed E-state index contributed by atoms with van der Waals surface area (Å²) in [6, 6.07) is 6.48. The van der Waals surface area contributed by atoms with E-state index in [1.54, 1.807) is 31.2 Å². The Morgan fingerprint density at radius 3 is 1.78 bits per heavy atom. The molecule has 6 nitrogen and oxygen atoms in total. The first-order valence-electron chi connectivity index (χ1n) is 6.91. The second-order valence-corrected chi connectivity index (χ2v) is 5.41. The van der Waals surface area contributed by atoms with Crippen LogP contribution in [-0.4, -0.2) is 35.0 Å². The van der Waals surface area contributed by atoms with Crippen molar-refractivity contribution in [2.75, 3.05) is 7.11 Å². The molecule has 23 heavy (non-hydrogen) atoms. The summed E-state index contributed by atoms with van der Waals surface area (Å²) in [5, 5.41) is 17.7. The summed E-state index contributed by atoms with van der Waals surface area (Å²) >= 11 is 0. The van der Waals surface area contributed by atoms with E-state index in [1.807, 2.05) is 0 Å². The van der Waals surface area contributed by atoms with Gasteiger partial charge >= 0.3 is 41.5 Å². The van der Waals surface area contributed by atoms with Crippen molar-refractivity contribution < 1.29 is 58.9 Å². The van der Waals surface area contributed by atoms with E-state index in [9.17, 15) is 14.4 Å². The van der Waals surface area contributed by atoms with Crippen molar-refractivity contribution in [1.82, 2.24) is 0 Å². The quantitative estimate of drug-likeness (QED) is 0.472. The fourth-order valence-corrected chi connectivity index (χ4v) is 2.21. The van der Waals surface area contributed by atoms with Gasteiger partial charge < -0.3 is 14.9 Å². The Bertz CT molecular complexity index is 534. The van der Waals surface area contributed by atoms with E-state index in [1.165, 1.54) is 7.11 Å². The van der Waals surface area contributed by atoms with Crippen LogP contribution in [0.5, 0.6) is 5.75 Å². The van der Waals surface area contributed by atoms with E-state index in [2.05, 4.69) is 0 Å². The van der Waals surface area contributed by atoms with Crippen molar-refractivity contribution >= 4 is 17.7 Å². The molecule has 0 unspecified atom stereocenters. The fraction of sp³-hybridized carbons (Fsp3) is 0.438. The van der Waals surface area contributed by atoms with Gasteiger partial charge in [0.05, 0.1) is 7.11 Å². The molecule has 0 heterocycles. The van der Waals surface area contributed by atoms with Gasteiger partial charge in [-0.3, -0.25) is 14.4 Å². The molecule has 7 heteroatoms. The molecule has 0 spiro atoms. The molecule has 1 aromatic carbocycles. The second-order valence-electron chi connectivity index (χ2n) is 5.41. The Hall–Kier alpha value is -1.37. The molecule has 0 aliphatic rings. The maximum Gasteiger partial charge on any atom is 1.00 e. The van der Waals surface area contributed by atoms with Crippen LogP contribution < -0.4 is 34.3 Å². The van der Waals surface area contributed by atoms with E-state index < -0.39 is 17.4 Å². The van der Waals surface area contributed by atoms with E-state index in [0.29, 0.717) is 11.3 Å². The molecule has 1 rings (SSSR count). The Kier molecular flexibility index (Phi) is 9.12. The van der Waals surface area contributed by atoms with Crippen LogP contribution in [0.4, 0.5) is 0 Å². The number of Topliss-reactive ketones (excluding diaryl/α,β-unsaturated/α-hetero) is 1. The fourth-order valence-electron chi connectivity index (χ4n) is 2.21. The topological polar surface area (TPSA) is 101 Å². The van der Waals surface area contributed by atoms with Crippen molar-refractivity contribution in [3.8, 4) is 5.75 Å². The molecule has 0 aromatic heterocycles. The average Bonchev–Trinajstić information content (AvgIpc) is 2.50. The van der Waals surface area contributed by atoms with Gasteiger partial charge in [-0.2, -0.15) is 0 Å². The maximum atomic E-state index is 12.7. The number of benzene rings is 1. The smallest absolute Gasteiger partial charge is 0.497 e. The van der Waals surface area contributed by atoms with Crippen molar-refractivity contribution in [2.24, 2.45) is 5.41 Å². The summed E-state index contributed by atoms with van der Waals surface area (Å²) in [5.41, 5.74) is -0.607. The number of ketones is 1. The van der Waals surface area contributed by atoms with Crippen LogP contribution in [0.25, 0.3) is 0 Å². The zero-order chi connectivity index (χ0) is 16.8. The molecule has 0 atom stereocenters. The SMILES string of the molecule is COc1ccc(C(=O)C(C)(CCC(=O)O)CCC(=O)O)cc1.[Na+]. The normalized spacial score (nSPS) is 10.5. The first-order valence-corrected chi connectivity index (χ1v) is 6.91. The third-order valence-corrected chi connectivity index (χ3v) is 3.68. The molecule has 0 aliphatic heterocycles. The number of aliphatic carboxylic acids is 2. The van der Waals surface area contributed by atoms with E-state index >= 15 is 0 Å². The van der Waals surface area contributed by atoms with E-state index in [-0.39, 0.29) is 61.0 Å². The number of carbonyl (C=O) groups is 3. The van der Waals surface area contributed by atoms with Gasteiger partial charge in [-0.15, -0.1) is 0 Å². The molecule has 0 aliphatic carbocycles. The summed E-state index contributed by atoms with van der Waals surface area (Å²) in [5.74, 6) is -1.67. The standard InChI is InChI=1S/C16H20O6.Na/c1-16(9-7-13(17)18,10-8-14(19)20)15(21)11-3-5-12(22-2)6-4-11;/h3-6H,7-10H2,1-2H3,(H,17,18)(H,19,20);/q;+1. The van der Waals surface area contributed by atoms with Gasteiger partial charge in [-0.1, -0.05) is 6.92 Å². The Morgan fingerprint density at radius 1 is 1.00 bits per heavy atom. The number of hydrogen-bond donors (Lipinski definition) is 2. The summed E-state index contributed by atoms with van der Waals surface area (Å²) < 4.78 is 5.03. The Balaban J connectivity index is 0.00000484. The number of carbonyl (C=O) groups excluding carboxylic acids is 1. The molecule has 0 saturated carbocycles. The van der Waals surface area contributed by atoms with Gasteiger partial charge in [-0.05, 0) is 37.1 Å². The van der Waals surface area contributed by atoms with E-state index in [4.69, 9.17) is 14.9 Å². The summed E-state index contributed by atoms with van der Waals surface area (Å²) in [6.45, 7) is 1.62. The summed E-state index contributed by atoms with van der Waals surface area (Å²) in [6.07, 6.45) is -0.170. The van der Waals surface area contributed by atoms with Crippen molar-refractivity contribution in [1.29, 1.82) is 0 Å². The molecule has 0 radical (unpaired) electrons. The van der Waals surface area contributed by atoms with Crippen molar-refractivity contribution in [3.63, 3.8) is 0 Å². The van der Waals surface area contributed by atoms with Gasteiger partial charge in [0.25, 0.3) is 0 Å². The number of hydrogen-bond acceptors (Lipinski definition) is 4. The molecule has 0 saturated heterocycles. The Labute approximate surface area is 157 Å². The number of carboxylic acid groups (broad SMARTS) is 2. The van der Waals surface area contributed by atoms with Gasteiger partial charge in [0.1, 0.15) is 5.75 Å². The molecule has 0 amide bonds. The third kappa shape index (κ3) is 6.72. The second kappa shape index (κ2) is 9.70. The van der Waals surface area contributed by atoms with Crippen LogP contribution in [0.15, 0.2) is 24.3 Å². The number of carboxylic acids is 2. The van der Waals surface area contributed by atoms with Crippen LogP contribution in [0, 0.1) is 5.41 Å². The predicted octanol–water partition coefficient (Wildman–Crippen LogP) is -0.382. The molecular weight excluding hydrogens is 311 g/mol. The van der Waals surface area contributed by atoms with Crippen LogP contribution in [0.3, 0.4) is 0 Å².